The molecular weight excluding hydrogens is 397 g/mol. The van der Waals surface area contributed by atoms with Crippen LogP contribution >= 0.6 is 50.5 Å². The standard InChI is InChI=1S/C10H12BrCl2NO3S2/c1-6-5-17-7(3-11)4-14(6)19(15,16)8-2-9(12)18-10(8)13/h2,6-7H,3-5H2,1H3. The second kappa shape index (κ2) is 6.17. The molecule has 2 rings (SSSR count). The van der Waals surface area contributed by atoms with Gasteiger partial charge in [-0.05, 0) is 13.0 Å². The number of rotatable bonds is 3. The minimum absolute atomic E-state index is 0.0752. The van der Waals surface area contributed by atoms with Gasteiger partial charge in [-0.25, -0.2) is 8.42 Å². The van der Waals surface area contributed by atoms with Gasteiger partial charge in [0.1, 0.15) is 9.23 Å². The van der Waals surface area contributed by atoms with Gasteiger partial charge < -0.3 is 4.74 Å². The summed E-state index contributed by atoms with van der Waals surface area (Å²) in [5.41, 5.74) is 0. The molecule has 0 aliphatic carbocycles. The second-order valence-corrected chi connectivity index (χ2v) is 9.01. The van der Waals surface area contributed by atoms with Crippen molar-refractivity contribution in [2.45, 2.75) is 24.0 Å². The van der Waals surface area contributed by atoms with Gasteiger partial charge in [0.05, 0.1) is 17.0 Å². The lowest BCUT2D eigenvalue weighted by atomic mass is 10.2. The molecule has 108 valence electrons. The van der Waals surface area contributed by atoms with Crippen LogP contribution in [0, 0.1) is 0 Å². The third-order valence-electron chi connectivity index (χ3n) is 2.83. The van der Waals surface area contributed by atoms with Gasteiger partial charge in [-0.2, -0.15) is 4.31 Å². The van der Waals surface area contributed by atoms with E-state index in [1.807, 2.05) is 6.92 Å². The van der Waals surface area contributed by atoms with Crippen molar-refractivity contribution < 1.29 is 13.2 Å². The van der Waals surface area contributed by atoms with Crippen molar-refractivity contribution in [3.63, 3.8) is 0 Å². The van der Waals surface area contributed by atoms with Crippen LogP contribution in [0.15, 0.2) is 11.0 Å². The van der Waals surface area contributed by atoms with Crippen LogP contribution in [0.2, 0.25) is 8.67 Å². The summed E-state index contributed by atoms with van der Waals surface area (Å²) in [5.74, 6) is 0. The number of alkyl halides is 1. The van der Waals surface area contributed by atoms with Crippen LogP contribution < -0.4 is 0 Å². The summed E-state index contributed by atoms with van der Waals surface area (Å²) in [6.45, 7) is 2.48. The molecule has 0 amide bonds. The topological polar surface area (TPSA) is 46.6 Å². The molecule has 1 aliphatic rings. The second-order valence-electron chi connectivity index (χ2n) is 4.22. The molecule has 2 unspecified atom stereocenters. The van der Waals surface area contributed by atoms with E-state index in [0.29, 0.717) is 22.8 Å². The van der Waals surface area contributed by atoms with E-state index in [1.54, 1.807) is 0 Å². The summed E-state index contributed by atoms with van der Waals surface area (Å²) >= 11 is 16.1. The van der Waals surface area contributed by atoms with Crippen molar-refractivity contribution in [3.8, 4) is 0 Å². The first-order valence-corrected chi connectivity index (χ1v) is 9.64. The predicted molar refractivity (Wildman–Crippen MR) is 81.2 cm³/mol. The fourth-order valence-electron chi connectivity index (χ4n) is 1.85. The molecule has 0 bridgehead atoms. The summed E-state index contributed by atoms with van der Waals surface area (Å²) in [6, 6.07) is 1.17. The first kappa shape index (κ1) is 16.0. The van der Waals surface area contributed by atoms with Crippen molar-refractivity contribution in [1.82, 2.24) is 4.31 Å². The molecule has 19 heavy (non-hydrogen) atoms. The lowest BCUT2D eigenvalue weighted by Crippen LogP contribution is -2.51. The summed E-state index contributed by atoms with van der Waals surface area (Å²) in [5, 5.41) is 0.587. The normalized spacial score (nSPS) is 25.7. The number of hydrogen-bond acceptors (Lipinski definition) is 4. The SMILES string of the molecule is CC1COC(CBr)CN1S(=O)(=O)c1cc(Cl)sc1Cl. The zero-order chi connectivity index (χ0) is 14.2. The van der Waals surface area contributed by atoms with Gasteiger partial charge in [0.15, 0.2) is 0 Å². The third kappa shape index (κ3) is 3.28. The molecule has 1 aromatic rings. The Bertz CT molecular complexity index is 563. The molecule has 2 heterocycles. The number of morpholine rings is 1. The maximum absolute atomic E-state index is 12.6. The number of halogens is 3. The minimum Gasteiger partial charge on any atom is -0.374 e. The maximum Gasteiger partial charge on any atom is 0.245 e. The summed E-state index contributed by atoms with van der Waals surface area (Å²) in [6.07, 6.45) is -0.154. The maximum atomic E-state index is 12.6. The van der Waals surface area contributed by atoms with Gasteiger partial charge >= 0.3 is 0 Å². The predicted octanol–water partition coefficient (Wildman–Crippen LogP) is 3.23. The molecule has 1 saturated heterocycles. The Hall–Kier alpha value is 0.630. The molecule has 0 N–H and O–H groups in total. The van der Waals surface area contributed by atoms with Gasteiger partial charge in [0.25, 0.3) is 0 Å². The lowest BCUT2D eigenvalue weighted by Gasteiger charge is -2.36. The molecule has 9 heteroatoms. The number of nitrogens with zero attached hydrogens (tertiary/aromatic N) is 1. The molecule has 1 aliphatic heterocycles. The Balaban J connectivity index is 2.35. The number of ether oxygens (including phenoxy) is 1. The van der Waals surface area contributed by atoms with E-state index in [-0.39, 0.29) is 21.4 Å². The van der Waals surface area contributed by atoms with E-state index >= 15 is 0 Å². The highest BCUT2D eigenvalue weighted by Crippen LogP contribution is 2.36. The third-order valence-corrected chi connectivity index (χ3v) is 7.29. The molecule has 0 aromatic carbocycles. The van der Waals surface area contributed by atoms with Crippen LogP contribution in [-0.2, 0) is 14.8 Å². The molecule has 2 atom stereocenters. The average Bonchev–Trinajstić information content (AvgIpc) is 2.69. The van der Waals surface area contributed by atoms with Crippen molar-refractivity contribution >= 4 is 60.5 Å². The highest BCUT2D eigenvalue weighted by molar-refractivity contribution is 9.09. The molecule has 0 saturated carbocycles. The van der Waals surface area contributed by atoms with Gasteiger partial charge in [0, 0.05) is 17.9 Å². The van der Waals surface area contributed by atoms with Crippen LogP contribution in [0.25, 0.3) is 0 Å². The fraction of sp³-hybridized carbons (Fsp3) is 0.600. The van der Waals surface area contributed by atoms with Gasteiger partial charge in [-0.15, -0.1) is 11.3 Å². The van der Waals surface area contributed by atoms with Crippen molar-refractivity contribution in [1.29, 1.82) is 0 Å². The monoisotopic (exact) mass is 407 g/mol. The van der Waals surface area contributed by atoms with Gasteiger partial charge in [0.2, 0.25) is 10.0 Å². The summed E-state index contributed by atoms with van der Waals surface area (Å²) in [4.78, 5) is 0.0752. The first-order chi connectivity index (χ1) is 8.86. The van der Waals surface area contributed by atoms with E-state index < -0.39 is 10.0 Å². The van der Waals surface area contributed by atoms with E-state index in [1.165, 1.54) is 10.4 Å². The fourth-order valence-corrected chi connectivity index (χ4v) is 6.00. The van der Waals surface area contributed by atoms with Gasteiger partial charge in [-0.3, -0.25) is 0 Å². The quantitative estimate of drug-likeness (QED) is 0.721. The van der Waals surface area contributed by atoms with E-state index in [0.717, 1.165) is 11.3 Å². The smallest absolute Gasteiger partial charge is 0.245 e. The Morgan fingerprint density at radius 3 is 2.79 bits per heavy atom. The summed E-state index contributed by atoms with van der Waals surface area (Å²) in [7, 11) is -3.64. The largest absolute Gasteiger partial charge is 0.374 e. The summed E-state index contributed by atoms with van der Waals surface area (Å²) < 4.78 is 32.7. The minimum atomic E-state index is -3.64. The lowest BCUT2D eigenvalue weighted by molar-refractivity contribution is -0.0139. The first-order valence-electron chi connectivity index (χ1n) is 5.50. The van der Waals surface area contributed by atoms with Crippen LogP contribution in [0.4, 0.5) is 0 Å². The Kier molecular flexibility index (Phi) is 5.20. The average molecular weight is 409 g/mol. The van der Waals surface area contributed by atoms with Crippen molar-refractivity contribution in [2.24, 2.45) is 0 Å². The Labute approximate surface area is 134 Å². The molecule has 4 nitrogen and oxygen atoms in total. The van der Waals surface area contributed by atoms with E-state index in [2.05, 4.69) is 15.9 Å². The van der Waals surface area contributed by atoms with E-state index in [9.17, 15) is 8.42 Å². The molecule has 0 radical (unpaired) electrons. The highest BCUT2D eigenvalue weighted by Gasteiger charge is 2.37. The van der Waals surface area contributed by atoms with Gasteiger partial charge in [-0.1, -0.05) is 39.1 Å². The zero-order valence-electron chi connectivity index (χ0n) is 9.98. The van der Waals surface area contributed by atoms with Crippen LogP contribution in [0.3, 0.4) is 0 Å². The molecular formula is C10H12BrCl2NO3S2. The van der Waals surface area contributed by atoms with E-state index in [4.69, 9.17) is 27.9 Å². The number of sulfonamides is 1. The number of thiophene rings is 1. The highest BCUT2D eigenvalue weighted by atomic mass is 79.9. The Morgan fingerprint density at radius 2 is 2.26 bits per heavy atom. The number of hydrogen-bond donors (Lipinski definition) is 0. The van der Waals surface area contributed by atoms with Crippen molar-refractivity contribution in [3.05, 3.63) is 14.7 Å². The Morgan fingerprint density at radius 1 is 1.58 bits per heavy atom. The van der Waals surface area contributed by atoms with Crippen LogP contribution in [-0.4, -0.2) is 43.4 Å². The van der Waals surface area contributed by atoms with Crippen LogP contribution in [0.1, 0.15) is 6.92 Å². The van der Waals surface area contributed by atoms with Crippen LogP contribution in [0.5, 0.6) is 0 Å². The van der Waals surface area contributed by atoms with Crippen molar-refractivity contribution in [2.75, 3.05) is 18.5 Å². The molecule has 0 spiro atoms. The zero-order valence-corrected chi connectivity index (χ0v) is 14.7. The molecule has 1 fully saturated rings. The molecule has 1 aromatic heterocycles.